The summed E-state index contributed by atoms with van der Waals surface area (Å²) in [5.41, 5.74) is 1.28. The van der Waals surface area contributed by atoms with E-state index >= 15 is 0 Å². The van der Waals surface area contributed by atoms with E-state index in [1.165, 1.54) is 0 Å². The minimum absolute atomic E-state index is 0.0140. The number of aromatic nitrogens is 2. The molecule has 52 heavy (non-hydrogen) atoms. The van der Waals surface area contributed by atoms with Crippen molar-refractivity contribution < 1.29 is 53.7 Å². The van der Waals surface area contributed by atoms with Gasteiger partial charge in [-0.1, -0.05) is 19.9 Å². The molecule has 2 aromatic rings. The third-order valence-corrected chi connectivity index (χ3v) is 9.59. The van der Waals surface area contributed by atoms with Gasteiger partial charge in [-0.05, 0) is 37.8 Å². The van der Waals surface area contributed by atoms with Crippen LogP contribution in [0.25, 0.3) is 0 Å². The first kappa shape index (κ1) is 39.7. The summed E-state index contributed by atoms with van der Waals surface area (Å²) in [4.78, 5) is 27.5. The standard InChI is InChI=1S/C36H55N5O11/c1-21(2)29-25(33(40-39-29)52-34-32(46)31(45)30(44)27(20-42)51-34)18-22-7-8-24(19-26(22)50-23-9-16-48-17-10-23)49-15-5-6-28(43)38-36(3,4)35(47)41-13-11-37-12-14-41/h7-8,19,21,23,27,30-32,34,37,42,44-46H,5-6,9-18,20H2,1-4H3,(H,38,43)(H,39,40)/t27-,30-,31+,32-,34+/m1/s1. The molecule has 5 atom stereocenters. The number of nitrogens with zero attached hydrogens (tertiary/aromatic N) is 2. The number of carbonyl (C=O) groups excluding carboxylic acids is 2. The Bertz CT molecular complexity index is 1470. The van der Waals surface area contributed by atoms with Gasteiger partial charge >= 0.3 is 0 Å². The van der Waals surface area contributed by atoms with Crippen LogP contribution in [0.3, 0.4) is 0 Å². The number of aliphatic hydroxyl groups is 4. The van der Waals surface area contributed by atoms with E-state index in [2.05, 4.69) is 20.8 Å². The molecule has 7 N–H and O–H groups in total. The molecule has 1 aromatic heterocycles. The molecule has 0 saturated carbocycles. The Morgan fingerprint density at radius 2 is 1.81 bits per heavy atom. The molecule has 0 radical (unpaired) electrons. The number of aromatic amines is 1. The van der Waals surface area contributed by atoms with E-state index in [1.807, 2.05) is 32.0 Å². The average Bonchev–Trinajstić information content (AvgIpc) is 3.53. The number of piperazine rings is 1. The van der Waals surface area contributed by atoms with E-state index in [0.29, 0.717) is 56.2 Å². The van der Waals surface area contributed by atoms with Crippen LogP contribution in [-0.4, -0.2) is 142 Å². The number of amides is 2. The molecule has 3 saturated heterocycles. The second-order valence-corrected chi connectivity index (χ2v) is 14.4. The molecule has 0 bridgehead atoms. The molecule has 3 fully saturated rings. The molecule has 1 aromatic carbocycles. The number of carbonyl (C=O) groups is 2. The molecule has 5 rings (SSSR count). The normalized spacial score (nSPS) is 24.5. The summed E-state index contributed by atoms with van der Waals surface area (Å²) in [5, 5.41) is 54.3. The minimum atomic E-state index is -1.59. The fraction of sp³-hybridized carbons (Fsp3) is 0.694. The maximum absolute atomic E-state index is 13.0. The van der Waals surface area contributed by atoms with Gasteiger partial charge in [0.05, 0.1) is 26.4 Å². The van der Waals surface area contributed by atoms with Crippen molar-refractivity contribution in [2.75, 3.05) is 52.6 Å². The average molecular weight is 734 g/mol. The van der Waals surface area contributed by atoms with Crippen molar-refractivity contribution in [2.24, 2.45) is 0 Å². The lowest BCUT2D eigenvalue weighted by Gasteiger charge is -2.39. The second kappa shape index (κ2) is 18.0. The quantitative estimate of drug-likeness (QED) is 0.123. The van der Waals surface area contributed by atoms with E-state index in [9.17, 15) is 30.0 Å². The van der Waals surface area contributed by atoms with Gasteiger partial charge in [0, 0.05) is 69.2 Å². The summed E-state index contributed by atoms with van der Waals surface area (Å²) in [6.07, 6.45) is -4.90. The molecule has 2 amide bonds. The van der Waals surface area contributed by atoms with Crippen molar-refractivity contribution in [3.05, 3.63) is 35.0 Å². The topological polar surface area (TPSA) is 217 Å². The Hall–Kier alpha value is -3.51. The van der Waals surface area contributed by atoms with Crippen LogP contribution in [0.5, 0.6) is 17.4 Å². The second-order valence-electron chi connectivity index (χ2n) is 14.4. The number of hydrogen-bond donors (Lipinski definition) is 7. The predicted octanol–water partition coefficient (Wildman–Crippen LogP) is 0.346. The van der Waals surface area contributed by atoms with Gasteiger partial charge in [-0.25, -0.2) is 0 Å². The fourth-order valence-electron chi connectivity index (χ4n) is 6.58. The largest absolute Gasteiger partial charge is 0.493 e. The SMILES string of the molecule is CC(C)c1[nH]nc(O[C@@H]2O[C@H](CO)[C@@H](O)[C@H](O)[C@H]2O)c1Cc1ccc(OCCCC(=O)NC(C)(C)C(=O)N2CCNCC2)cc1OC1CCOCC1. The molecule has 0 spiro atoms. The van der Waals surface area contributed by atoms with E-state index < -0.39 is 42.9 Å². The first-order valence-electron chi connectivity index (χ1n) is 18.2. The summed E-state index contributed by atoms with van der Waals surface area (Å²) >= 11 is 0. The summed E-state index contributed by atoms with van der Waals surface area (Å²) < 4.78 is 29.7. The van der Waals surface area contributed by atoms with Crippen molar-refractivity contribution in [1.82, 2.24) is 25.7 Å². The van der Waals surface area contributed by atoms with Crippen LogP contribution in [0.2, 0.25) is 0 Å². The van der Waals surface area contributed by atoms with Gasteiger partial charge in [0.1, 0.15) is 47.6 Å². The molecule has 0 aliphatic carbocycles. The zero-order valence-electron chi connectivity index (χ0n) is 30.5. The highest BCUT2D eigenvalue weighted by molar-refractivity contribution is 5.90. The maximum atomic E-state index is 13.0. The summed E-state index contributed by atoms with van der Waals surface area (Å²) in [7, 11) is 0. The van der Waals surface area contributed by atoms with Gasteiger partial charge in [-0.3, -0.25) is 14.7 Å². The Morgan fingerprint density at radius 3 is 2.50 bits per heavy atom. The molecule has 3 aliphatic heterocycles. The highest BCUT2D eigenvalue weighted by Crippen LogP contribution is 2.35. The molecule has 16 nitrogen and oxygen atoms in total. The van der Waals surface area contributed by atoms with E-state index in [-0.39, 0.29) is 42.7 Å². The molecular formula is C36H55N5O11. The Labute approximate surface area is 304 Å². The van der Waals surface area contributed by atoms with Gasteiger partial charge in [0.2, 0.25) is 24.0 Å². The van der Waals surface area contributed by atoms with Gasteiger partial charge < -0.3 is 59.6 Å². The minimum Gasteiger partial charge on any atom is -0.493 e. The number of nitrogens with one attached hydrogen (secondary N) is 3. The Balaban J connectivity index is 1.26. The molecule has 0 unspecified atom stereocenters. The smallest absolute Gasteiger partial charge is 0.247 e. The molecule has 290 valence electrons. The fourth-order valence-corrected chi connectivity index (χ4v) is 6.58. The number of benzene rings is 1. The highest BCUT2D eigenvalue weighted by Gasteiger charge is 2.45. The lowest BCUT2D eigenvalue weighted by molar-refractivity contribution is -0.278. The van der Waals surface area contributed by atoms with Gasteiger partial charge in [0.25, 0.3) is 0 Å². The van der Waals surface area contributed by atoms with Crippen molar-refractivity contribution in [3.63, 3.8) is 0 Å². The van der Waals surface area contributed by atoms with Crippen molar-refractivity contribution in [2.45, 2.75) is 108 Å². The van der Waals surface area contributed by atoms with Gasteiger partial charge in [-0.15, -0.1) is 5.10 Å². The number of ether oxygens (including phenoxy) is 5. The summed E-state index contributed by atoms with van der Waals surface area (Å²) in [6.45, 7) is 11.0. The van der Waals surface area contributed by atoms with Crippen LogP contribution in [-0.2, 0) is 25.5 Å². The maximum Gasteiger partial charge on any atom is 0.247 e. The first-order valence-corrected chi connectivity index (χ1v) is 18.2. The lowest BCUT2D eigenvalue weighted by atomic mass is 9.98. The monoisotopic (exact) mass is 733 g/mol. The third-order valence-electron chi connectivity index (χ3n) is 9.59. The third kappa shape index (κ3) is 9.92. The molecule has 4 heterocycles. The zero-order valence-corrected chi connectivity index (χ0v) is 30.5. The van der Waals surface area contributed by atoms with Crippen LogP contribution in [0.4, 0.5) is 0 Å². The van der Waals surface area contributed by atoms with E-state index in [4.69, 9.17) is 23.7 Å². The summed E-state index contributed by atoms with van der Waals surface area (Å²) in [6, 6.07) is 5.55. The predicted molar refractivity (Wildman–Crippen MR) is 187 cm³/mol. The lowest BCUT2D eigenvalue weighted by Crippen LogP contribution is -2.60. The number of hydrogen-bond acceptors (Lipinski definition) is 13. The number of rotatable bonds is 15. The van der Waals surface area contributed by atoms with E-state index in [0.717, 1.165) is 37.2 Å². The Kier molecular flexibility index (Phi) is 13.7. The van der Waals surface area contributed by atoms with Crippen molar-refractivity contribution >= 4 is 11.8 Å². The van der Waals surface area contributed by atoms with Crippen molar-refractivity contribution in [3.8, 4) is 17.4 Å². The van der Waals surface area contributed by atoms with Crippen molar-refractivity contribution in [1.29, 1.82) is 0 Å². The van der Waals surface area contributed by atoms with E-state index in [1.54, 1.807) is 18.7 Å². The highest BCUT2D eigenvalue weighted by atomic mass is 16.7. The van der Waals surface area contributed by atoms with Crippen LogP contribution in [0.1, 0.15) is 76.1 Å². The van der Waals surface area contributed by atoms with Gasteiger partial charge in [-0.2, -0.15) is 0 Å². The van der Waals surface area contributed by atoms with Crippen LogP contribution < -0.4 is 24.8 Å². The molecule has 3 aliphatic rings. The Morgan fingerprint density at radius 1 is 1.08 bits per heavy atom. The zero-order chi connectivity index (χ0) is 37.4. The summed E-state index contributed by atoms with van der Waals surface area (Å²) in [5.74, 6) is 0.999. The first-order chi connectivity index (χ1) is 24.9. The molecular weight excluding hydrogens is 678 g/mol. The number of H-pyrrole nitrogens is 1. The number of aliphatic hydroxyl groups excluding tert-OH is 4. The van der Waals surface area contributed by atoms with Crippen LogP contribution in [0, 0.1) is 0 Å². The molecule has 16 heteroatoms. The van der Waals surface area contributed by atoms with Crippen LogP contribution in [0.15, 0.2) is 18.2 Å². The van der Waals surface area contributed by atoms with Crippen LogP contribution >= 0.6 is 0 Å². The van der Waals surface area contributed by atoms with Gasteiger partial charge in [0.15, 0.2) is 0 Å².